The minimum Gasteiger partial charge on any atom is -0.448 e. The van der Waals surface area contributed by atoms with Crippen LogP contribution in [0.3, 0.4) is 0 Å². The molecule has 0 unspecified atom stereocenters. The molecule has 2 heterocycles. The highest BCUT2D eigenvalue weighted by Gasteiger charge is 2.13. The summed E-state index contributed by atoms with van der Waals surface area (Å²) in [5.74, 6) is 0.885. The molecule has 1 N–H and O–H groups in total. The van der Waals surface area contributed by atoms with Gasteiger partial charge in [-0.1, -0.05) is 0 Å². The molecule has 0 radical (unpaired) electrons. The van der Waals surface area contributed by atoms with Gasteiger partial charge in [0, 0.05) is 19.3 Å². The Balaban J connectivity index is 1.66. The average Bonchev–Trinajstić information content (AvgIpc) is 2.85. The molecule has 0 amide bonds. The number of aromatic nitrogens is 2. The molecule has 0 aromatic carbocycles. The molecule has 0 atom stereocenters. The van der Waals surface area contributed by atoms with Crippen LogP contribution in [0.15, 0.2) is 23.1 Å². The van der Waals surface area contributed by atoms with Gasteiger partial charge in [-0.15, -0.1) is 0 Å². The summed E-state index contributed by atoms with van der Waals surface area (Å²) in [6.07, 6.45) is 8.39. The van der Waals surface area contributed by atoms with Gasteiger partial charge in [0.25, 0.3) is 0 Å². The van der Waals surface area contributed by atoms with Gasteiger partial charge in [-0.25, -0.2) is 4.98 Å². The van der Waals surface area contributed by atoms with Crippen LogP contribution in [0, 0.1) is 6.92 Å². The predicted octanol–water partition coefficient (Wildman–Crippen LogP) is 2.55. The minimum atomic E-state index is 0.730. The predicted molar refractivity (Wildman–Crippen MR) is 72.7 cm³/mol. The van der Waals surface area contributed by atoms with E-state index < -0.39 is 0 Å². The lowest BCUT2D eigenvalue weighted by atomic mass is 9.91. The Kier molecular flexibility index (Phi) is 3.60. The van der Waals surface area contributed by atoms with Crippen LogP contribution >= 0.6 is 0 Å². The highest BCUT2D eigenvalue weighted by Crippen LogP contribution is 2.22. The number of aryl methyl sites for hydroxylation is 2. The van der Waals surface area contributed by atoms with Crippen molar-refractivity contribution >= 4 is 0 Å². The van der Waals surface area contributed by atoms with Gasteiger partial charge < -0.3 is 9.73 Å². The molecule has 0 saturated heterocycles. The normalized spacial score (nSPS) is 14.4. The Hall–Kier alpha value is -1.68. The van der Waals surface area contributed by atoms with Crippen LogP contribution in [0.5, 0.6) is 0 Å². The molecular weight excluding hydrogens is 238 g/mol. The molecule has 100 valence electrons. The Bertz CT molecular complexity index is 562. The molecule has 19 heavy (non-hydrogen) atoms. The molecule has 1 aliphatic rings. The van der Waals surface area contributed by atoms with Crippen molar-refractivity contribution in [2.24, 2.45) is 0 Å². The average molecular weight is 257 g/mol. The second kappa shape index (κ2) is 5.53. The standard InChI is InChI=1S/C15H19N3O/c1-11-14(18-10-19-11)8-16-9-15-13-5-3-2-4-12(13)6-7-17-15/h6-7,10,16H,2-5,8-9H2,1H3. The zero-order chi connectivity index (χ0) is 13.1. The number of hydrogen-bond donors (Lipinski definition) is 1. The third-order valence-corrected chi connectivity index (χ3v) is 3.79. The van der Waals surface area contributed by atoms with Crippen molar-refractivity contribution in [3.8, 4) is 0 Å². The van der Waals surface area contributed by atoms with Crippen LogP contribution in [0.4, 0.5) is 0 Å². The Morgan fingerprint density at radius 2 is 2.00 bits per heavy atom. The zero-order valence-corrected chi connectivity index (χ0v) is 11.3. The first kappa shape index (κ1) is 12.4. The van der Waals surface area contributed by atoms with E-state index in [2.05, 4.69) is 21.4 Å². The first-order chi connectivity index (χ1) is 9.34. The molecule has 2 aromatic heterocycles. The van der Waals surface area contributed by atoms with E-state index in [0.717, 1.165) is 24.5 Å². The summed E-state index contributed by atoms with van der Waals surface area (Å²) in [6.45, 7) is 3.47. The van der Waals surface area contributed by atoms with E-state index in [4.69, 9.17) is 4.42 Å². The largest absolute Gasteiger partial charge is 0.448 e. The highest BCUT2D eigenvalue weighted by molar-refractivity contribution is 5.32. The molecule has 0 saturated carbocycles. The van der Waals surface area contributed by atoms with Crippen molar-refractivity contribution in [1.29, 1.82) is 0 Å². The second-order valence-electron chi connectivity index (χ2n) is 5.06. The molecule has 2 aromatic rings. The van der Waals surface area contributed by atoms with Crippen molar-refractivity contribution in [2.45, 2.75) is 45.7 Å². The van der Waals surface area contributed by atoms with E-state index in [1.165, 1.54) is 48.9 Å². The fourth-order valence-electron chi connectivity index (χ4n) is 2.69. The van der Waals surface area contributed by atoms with Gasteiger partial charge in [-0.05, 0) is 49.8 Å². The Labute approximate surface area is 113 Å². The summed E-state index contributed by atoms with van der Waals surface area (Å²) in [5, 5.41) is 3.41. The number of pyridine rings is 1. The van der Waals surface area contributed by atoms with Gasteiger partial charge in [0.2, 0.25) is 0 Å². The van der Waals surface area contributed by atoms with Crippen molar-refractivity contribution in [3.63, 3.8) is 0 Å². The van der Waals surface area contributed by atoms with Gasteiger partial charge >= 0.3 is 0 Å². The van der Waals surface area contributed by atoms with Crippen molar-refractivity contribution in [1.82, 2.24) is 15.3 Å². The summed E-state index contributed by atoms with van der Waals surface area (Å²) in [5.41, 5.74) is 5.11. The summed E-state index contributed by atoms with van der Waals surface area (Å²) in [4.78, 5) is 8.71. The van der Waals surface area contributed by atoms with E-state index in [9.17, 15) is 0 Å². The number of nitrogens with zero attached hydrogens (tertiary/aromatic N) is 2. The molecule has 0 aliphatic heterocycles. The van der Waals surface area contributed by atoms with Crippen LogP contribution in [0.2, 0.25) is 0 Å². The van der Waals surface area contributed by atoms with Gasteiger partial charge in [0.05, 0.1) is 11.4 Å². The fourth-order valence-corrected chi connectivity index (χ4v) is 2.69. The lowest BCUT2D eigenvalue weighted by Crippen LogP contribution is -2.18. The monoisotopic (exact) mass is 257 g/mol. The van der Waals surface area contributed by atoms with Gasteiger partial charge in [0.15, 0.2) is 6.39 Å². The van der Waals surface area contributed by atoms with Crippen LogP contribution in [0.1, 0.15) is 41.1 Å². The van der Waals surface area contributed by atoms with Crippen molar-refractivity contribution in [3.05, 3.63) is 46.9 Å². The van der Waals surface area contributed by atoms with Gasteiger partial charge in [-0.3, -0.25) is 4.98 Å². The maximum atomic E-state index is 5.19. The van der Waals surface area contributed by atoms with Gasteiger partial charge in [-0.2, -0.15) is 0 Å². The van der Waals surface area contributed by atoms with Crippen LogP contribution in [0.25, 0.3) is 0 Å². The SMILES string of the molecule is Cc1ocnc1CNCc1nccc2c1CCCC2. The number of nitrogens with one attached hydrogen (secondary N) is 1. The topological polar surface area (TPSA) is 51.0 Å². The molecule has 4 heteroatoms. The van der Waals surface area contributed by atoms with Crippen molar-refractivity contribution in [2.75, 3.05) is 0 Å². The highest BCUT2D eigenvalue weighted by atomic mass is 16.3. The molecular formula is C15H19N3O. The number of rotatable bonds is 4. The van der Waals surface area contributed by atoms with E-state index in [1.807, 2.05) is 13.1 Å². The van der Waals surface area contributed by atoms with Crippen LogP contribution in [-0.4, -0.2) is 9.97 Å². The number of hydrogen-bond acceptors (Lipinski definition) is 4. The first-order valence-corrected chi connectivity index (χ1v) is 6.90. The molecule has 0 fully saturated rings. The van der Waals surface area contributed by atoms with E-state index in [0.29, 0.717) is 0 Å². The molecule has 4 nitrogen and oxygen atoms in total. The van der Waals surface area contributed by atoms with Crippen LogP contribution < -0.4 is 5.32 Å². The Morgan fingerprint density at radius 3 is 2.84 bits per heavy atom. The van der Waals surface area contributed by atoms with Gasteiger partial charge in [0.1, 0.15) is 5.76 Å². The summed E-state index contributed by atoms with van der Waals surface area (Å²) in [7, 11) is 0. The molecule has 0 spiro atoms. The third kappa shape index (κ3) is 2.68. The van der Waals surface area contributed by atoms with Crippen LogP contribution in [-0.2, 0) is 25.9 Å². The van der Waals surface area contributed by atoms with E-state index in [-0.39, 0.29) is 0 Å². The number of fused-ring (bicyclic) bond motifs is 1. The third-order valence-electron chi connectivity index (χ3n) is 3.79. The Morgan fingerprint density at radius 1 is 1.16 bits per heavy atom. The molecule has 0 bridgehead atoms. The minimum absolute atomic E-state index is 0.730. The van der Waals surface area contributed by atoms with E-state index in [1.54, 1.807) is 0 Å². The van der Waals surface area contributed by atoms with Crippen molar-refractivity contribution < 1.29 is 4.42 Å². The smallest absolute Gasteiger partial charge is 0.181 e. The maximum absolute atomic E-state index is 5.19. The summed E-state index contributed by atoms with van der Waals surface area (Å²) >= 11 is 0. The quantitative estimate of drug-likeness (QED) is 0.914. The molecule has 3 rings (SSSR count). The summed E-state index contributed by atoms with van der Waals surface area (Å²) in [6, 6.07) is 2.17. The number of oxazole rings is 1. The zero-order valence-electron chi connectivity index (χ0n) is 11.3. The molecule has 1 aliphatic carbocycles. The fraction of sp³-hybridized carbons (Fsp3) is 0.467. The second-order valence-corrected chi connectivity index (χ2v) is 5.06. The first-order valence-electron chi connectivity index (χ1n) is 6.90. The lowest BCUT2D eigenvalue weighted by molar-refractivity contribution is 0.522. The lowest BCUT2D eigenvalue weighted by Gasteiger charge is -2.18. The van der Waals surface area contributed by atoms with E-state index >= 15 is 0 Å². The summed E-state index contributed by atoms with van der Waals surface area (Å²) < 4.78 is 5.19. The maximum Gasteiger partial charge on any atom is 0.181 e.